The number of primary amides is 1. The van der Waals surface area contributed by atoms with Crippen molar-refractivity contribution >= 4 is 11.6 Å². The number of rotatable bonds is 3. The minimum atomic E-state index is -0.598. The highest BCUT2D eigenvalue weighted by Gasteiger charge is 2.09. The average molecular weight is 247 g/mol. The van der Waals surface area contributed by atoms with Gasteiger partial charge in [0.1, 0.15) is 0 Å². The quantitative estimate of drug-likeness (QED) is 0.807. The molecule has 1 aromatic heterocycles. The van der Waals surface area contributed by atoms with E-state index in [0.29, 0.717) is 0 Å². The lowest BCUT2D eigenvalue weighted by Gasteiger charge is -2.08. The number of hydrogen-bond donors (Lipinski definition) is 2. The Morgan fingerprint density at radius 1 is 1.28 bits per heavy atom. The maximum Gasteiger partial charge on any atom is 0.250 e. The van der Waals surface area contributed by atoms with Crippen LogP contribution in [0, 0.1) is 5.82 Å². The van der Waals surface area contributed by atoms with Crippen LogP contribution >= 0.6 is 0 Å². The van der Waals surface area contributed by atoms with E-state index in [4.69, 9.17) is 16.2 Å². The fourth-order valence-corrected chi connectivity index (χ4v) is 1.32. The third kappa shape index (κ3) is 2.37. The lowest BCUT2D eigenvalue weighted by molar-refractivity contribution is 0.1000. The predicted octanol–water partition coefficient (Wildman–Crippen LogP) is 1.69. The molecule has 92 valence electrons. The Morgan fingerprint density at radius 2 is 2.06 bits per heavy atom. The molecule has 1 heterocycles. The van der Waals surface area contributed by atoms with E-state index in [1.807, 2.05) is 0 Å². The zero-order valence-corrected chi connectivity index (χ0v) is 9.26. The van der Waals surface area contributed by atoms with E-state index in [1.54, 1.807) is 0 Å². The van der Waals surface area contributed by atoms with Crippen molar-refractivity contribution in [2.45, 2.75) is 0 Å². The lowest BCUT2D eigenvalue weighted by atomic mass is 10.2. The molecule has 6 heteroatoms. The van der Waals surface area contributed by atoms with Gasteiger partial charge >= 0.3 is 0 Å². The summed E-state index contributed by atoms with van der Waals surface area (Å²) in [6.07, 6.45) is 1.24. The second-order valence-corrected chi connectivity index (χ2v) is 3.51. The summed E-state index contributed by atoms with van der Waals surface area (Å²) in [6.45, 7) is 0. The normalized spacial score (nSPS) is 10.1. The van der Waals surface area contributed by atoms with Gasteiger partial charge in [0.05, 0.1) is 11.3 Å². The van der Waals surface area contributed by atoms with Crippen LogP contribution in [0.4, 0.5) is 10.1 Å². The van der Waals surface area contributed by atoms with Crippen LogP contribution in [-0.2, 0) is 0 Å². The number of aromatic nitrogens is 1. The number of carbonyl (C=O) groups excluding carboxylic acids is 1. The Bertz CT molecular complexity index is 564. The van der Waals surface area contributed by atoms with Gasteiger partial charge in [0.25, 0.3) is 0 Å². The highest BCUT2D eigenvalue weighted by Crippen LogP contribution is 2.28. The number of para-hydroxylation sites is 1. The molecule has 1 aromatic carbocycles. The summed E-state index contributed by atoms with van der Waals surface area (Å²) < 4.78 is 18.6. The van der Waals surface area contributed by atoms with Crippen molar-refractivity contribution in [1.82, 2.24) is 4.98 Å². The highest BCUT2D eigenvalue weighted by atomic mass is 19.1. The number of carbonyl (C=O) groups is 1. The van der Waals surface area contributed by atoms with Crippen LogP contribution in [-0.4, -0.2) is 10.9 Å². The van der Waals surface area contributed by atoms with Crippen molar-refractivity contribution < 1.29 is 13.9 Å². The van der Waals surface area contributed by atoms with Crippen LogP contribution in [0.2, 0.25) is 0 Å². The standard InChI is InChI=1S/C12H10FN3O2/c13-8-2-1-3-9(14)11(8)18-10-5-4-7(6-16-10)12(15)17/h1-6H,14H2,(H2,15,17). The van der Waals surface area contributed by atoms with Crippen molar-refractivity contribution in [2.75, 3.05) is 5.73 Å². The molecule has 1 amide bonds. The Labute approximate surface area is 102 Å². The van der Waals surface area contributed by atoms with Crippen molar-refractivity contribution in [3.8, 4) is 11.6 Å². The maximum atomic E-state index is 13.4. The second kappa shape index (κ2) is 4.70. The second-order valence-electron chi connectivity index (χ2n) is 3.51. The fourth-order valence-electron chi connectivity index (χ4n) is 1.32. The Balaban J connectivity index is 2.26. The summed E-state index contributed by atoms with van der Waals surface area (Å²) in [7, 11) is 0. The van der Waals surface area contributed by atoms with Crippen LogP contribution in [0.1, 0.15) is 10.4 Å². The topological polar surface area (TPSA) is 91.2 Å². The molecule has 0 aliphatic rings. The molecular weight excluding hydrogens is 237 g/mol. The molecule has 0 aliphatic carbocycles. The molecule has 0 atom stereocenters. The largest absolute Gasteiger partial charge is 0.434 e. The van der Waals surface area contributed by atoms with E-state index >= 15 is 0 Å². The zero-order chi connectivity index (χ0) is 13.1. The Hall–Kier alpha value is -2.63. The summed E-state index contributed by atoms with van der Waals surface area (Å²) in [5.74, 6) is -1.16. The monoisotopic (exact) mass is 247 g/mol. The smallest absolute Gasteiger partial charge is 0.250 e. The zero-order valence-electron chi connectivity index (χ0n) is 9.26. The number of ether oxygens (including phenoxy) is 1. The predicted molar refractivity (Wildman–Crippen MR) is 63.6 cm³/mol. The molecule has 0 unspecified atom stereocenters. The van der Waals surface area contributed by atoms with E-state index in [-0.39, 0.29) is 22.9 Å². The number of benzene rings is 1. The SMILES string of the molecule is NC(=O)c1ccc(Oc2c(N)cccc2F)nc1. The Morgan fingerprint density at radius 3 is 2.61 bits per heavy atom. The molecule has 0 saturated carbocycles. The number of anilines is 1. The molecule has 0 saturated heterocycles. The maximum absolute atomic E-state index is 13.4. The van der Waals surface area contributed by atoms with E-state index in [9.17, 15) is 9.18 Å². The number of nitrogens with two attached hydrogens (primary N) is 2. The van der Waals surface area contributed by atoms with Gasteiger partial charge in [0.2, 0.25) is 11.8 Å². The first-order valence-corrected chi connectivity index (χ1v) is 5.05. The molecular formula is C12H10FN3O2. The molecule has 4 N–H and O–H groups in total. The van der Waals surface area contributed by atoms with Gasteiger partial charge in [0, 0.05) is 12.3 Å². The first-order valence-electron chi connectivity index (χ1n) is 5.05. The molecule has 2 aromatic rings. The fraction of sp³-hybridized carbons (Fsp3) is 0. The van der Waals surface area contributed by atoms with Gasteiger partial charge in [-0.1, -0.05) is 6.07 Å². The molecule has 18 heavy (non-hydrogen) atoms. The molecule has 0 spiro atoms. The average Bonchev–Trinajstić information content (AvgIpc) is 2.34. The van der Waals surface area contributed by atoms with Gasteiger partial charge in [0.15, 0.2) is 11.6 Å². The van der Waals surface area contributed by atoms with Crippen LogP contribution in [0.3, 0.4) is 0 Å². The third-order valence-corrected chi connectivity index (χ3v) is 2.22. The van der Waals surface area contributed by atoms with E-state index in [1.165, 1.54) is 36.5 Å². The number of pyridine rings is 1. The molecule has 0 radical (unpaired) electrons. The molecule has 0 aliphatic heterocycles. The van der Waals surface area contributed by atoms with Crippen molar-refractivity contribution in [3.63, 3.8) is 0 Å². The van der Waals surface area contributed by atoms with E-state index in [2.05, 4.69) is 4.98 Å². The molecule has 0 bridgehead atoms. The highest BCUT2D eigenvalue weighted by molar-refractivity contribution is 5.92. The van der Waals surface area contributed by atoms with Crippen molar-refractivity contribution in [2.24, 2.45) is 5.73 Å². The Kier molecular flexibility index (Phi) is 3.09. The van der Waals surface area contributed by atoms with Crippen molar-refractivity contribution in [1.29, 1.82) is 0 Å². The minimum absolute atomic E-state index is 0.100. The van der Waals surface area contributed by atoms with Gasteiger partial charge in [-0.2, -0.15) is 0 Å². The first-order chi connectivity index (χ1) is 8.58. The van der Waals surface area contributed by atoms with Crippen LogP contribution in [0.5, 0.6) is 11.6 Å². The van der Waals surface area contributed by atoms with Gasteiger partial charge < -0.3 is 16.2 Å². The summed E-state index contributed by atoms with van der Waals surface area (Å²) in [4.78, 5) is 14.7. The minimum Gasteiger partial charge on any atom is -0.434 e. The number of hydrogen-bond acceptors (Lipinski definition) is 4. The van der Waals surface area contributed by atoms with E-state index < -0.39 is 11.7 Å². The molecule has 2 rings (SSSR count). The summed E-state index contributed by atoms with van der Waals surface area (Å²) in [5, 5.41) is 0. The van der Waals surface area contributed by atoms with Crippen LogP contribution in [0.15, 0.2) is 36.5 Å². The third-order valence-electron chi connectivity index (χ3n) is 2.22. The molecule has 0 fully saturated rings. The van der Waals surface area contributed by atoms with Crippen LogP contribution in [0.25, 0.3) is 0 Å². The lowest BCUT2D eigenvalue weighted by Crippen LogP contribution is -2.11. The van der Waals surface area contributed by atoms with Gasteiger partial charge in [-0.15, -0.1) is 0 Å². The number of halogens is 1. The van der Waals surface area contributed by atoms with Gasteiger partial charge in [-0.3, -0.25) is 4.79 Å². The van der Waals surface area contributed by atoms with E-state index in [0.717, 1.165) is 0 Å². The summed E-state index contributed by atoms with van der Waals surface area (Å²) >= 11 is 0. The van der Waals surface area contributed by atoms with Gasteiger partial charge in [-0.05, 0) is 18.2 Å². The number of amides is 1. The number of nitrogens with zero attached hydrogens (tertiary/aromatic N) is 1. The van der Waals surface area contributed by atoms with Gasteiger partial charge in [-0.25, -0.2) is 9.37 Å². The van der Waals surface area contributed by atoms with Crippen LogP contribution < -0.4 is 16.2 Å². The summed E-state index contributed by atoms with van der Waals surface area (Å²) in [5.41, 5.74) is 11.0. The number of nitrogen functional groups attached to an aromatic ring is 1. The molecule has 5 nitrogen and oxygen atoms in total. The summed E-state index contributed by atoms with van der Waals surface area (Å²) in [6, 6.07) is 7.05. The first kappa shape index (κ1) is 11.8. The van der Waals surface area contributed by atoms with Crippen molar-refractivity contribution in [3.05, 3.63) is 47.9 Å².